The predicted molar refractivity (Wildman–Crippen MR) is 126 cm³/mol. The second-order valence-electron chi connectivity index (χ2n) is 9.64. The average Bonchev–Trinajstić information content (AvgIpc) is 3.41. The molecule has 1 amide bonds. The van der Waals surface area contributed by atoms with Crippen molar-refractivity contribution in [3.05, 3.63) is 42.0 Å². The van der Waals surface area contributed by atoms with Crippen molar-refractivity contribution in [2.24, 2.45) is 11.7 Å². The summed E-state index contributed by atoms with van der Waals surface area (Å²) in [4.78, 5) is 18.2. The number of nitrogens with two attached hydrogens (primary N) is 1. The Morgan fingerprint density at radius 3 is 2.67 bits per heavy atom. The maximum Gasteiger partial charge on any atom is 0.271 e. The number of imidazole rings is 1. The minimum atomic E-state index is -1.13. The van der Waals surface area contributed by atoms with Crippen LogP contribution in [0.1, 0.15) is 61.6 Å². The van der Waals surface area contributed by atoms with E-state index in [-0.39, 0.29) is 12.3 Å². The second kappa shape index (κ2) is 8.00. The first kappa shape index (κ1) is 21.7. The van der Waals surface area contributed by atoms with Crippen molar-refractivity contribution in [1.82, 2.24) is 19.3 Å². The molecule has 33 heavy (non-hydrogen) atoms. The van der Waals surface area contributed by atoms with Crippen LogP contribution in [0.3, 0.4) is 0 Å². The Hall–Kier alpha value is -3.17. The van der Waals surface area contributed by atoms with Crippen molar-refractivity contribution < 1.29 is 15.0 Å². The number of fused-ring (bicyclic) bond motifs is 2. The third-order valence-electron chi connectivity index (χ3n) is 6.85. The molecule has 3 aromatic rings. The summed E-state index contributed by atoms with van der Waals surface area (Å²) in [5, 5.41) is 26.3. The van der Waals surface area contributed by atoms with Crippen LogP contribution in [-0.4, -0.2) is 48.6 Å². The molecule has 0 bridgehead atoms. The van der Waals surface area contributed by atoms with Gasteiger partial charge in [0.15, 0.2) is 11.5 Å². The lowest BCUT2D eigenvalue weighted by atomic mass is 9.87. The zero-order valence-corrected chi connectivity index (χ0v) is 19.0. The third-order valence-corrected chi connectivity index (χ3v) is 6.85. The summed E-state index contributed by atoms with van der Waals surface area (Å²) in [5.74, 6) is 0.377. The number of benzene rings is 1. The van der Waals surface area contributed by atoms with Gasteiger partial charge in [-0.15, -0.1) is 0 Å². The number of anilines is 2. The van der Waals surface area contributed by atoms with Crippen LogP contribution in [0.2, 0.25) is 0 Å². The first-order valence-electron chi connectivity index (χ1n) is 11.4. The fourth-order valence-corrected chi connectivity index (χ4v) is 5.04. The van der Waals surface area contributed by atoms with E-state index in [1.165, 1.54) is 0 Å². The molecule has 1 aliphatic heterocycles. The van der Waals surface area contributed by atoms with E-state index >= 15 is 0 Å². The van der Waals surface area contributed by atoms with E-state index in [4.69, 9.17) is 10.8 Å². The van der Waals surface area contributed by atoms with Crippen molar-refractivity contribution in [3.8, 4) is 0 Å². The monoisotopic (exact) mass is 450 g/mol. The molecule has 1 fully saturated rings. The fraction of sp³-hybridized carbons (Fsp3) is 0.458. The van der Waals surface area contributed by atoms with Crippen LogP contribution in [0.15, 0.2) is 30.7 Å². The summed E-state index contributed by atoms with van der Waals surface area (Å²) in [5.41, 5.74) is 6.97. The third kappa shape index (κ3) is 3.81. The number of nitrogens with zero attached hydrogens (tertiary/aromatic N) is 5. The molecule has 9 nitrogen and oxygen atoms in total. The Labute approximate surface area is 192 Å². The normalized spacial score (nSPS) is 20.9. The molecule has 1 saturated carbocycles. The molecule has 0 atom stereocenters. The van der Waals surface area contributed by atoms with Crippen LogP contribution in [0.4, 0.5) is 11.5 Å². The van der Waals surface area contributed by atoms with Crippen LogP contribution in [0.25, 0.3) is 17.1 Å². The second-order valence-corrected chi connectivity index (χ2v) is 9.64. The van der Waals surface area contributed by atoms with Crippen LogP contribution in [-0.2, 0) is 5.60 Å². The van der Waals surface area contributed by atoms with E-state index in [9.17, 15) is 15.0 Å². The predicted octanol–water partition coefficient (Wildman–Crippen LogP) is 2.91. The smallest absolute Gasteiger partial charge is 0.271 e. The summed E-state index contributed by atoms with van der Waals surface area (Å²) >= 11 is 0. The zero-order valence-electron chi connectivity index (χ0n) is 19.0. The SMILES string of the molecule is CC(C)(O)c1cc2nn(C3CCC(CO)CC3)cc2cc1N1CC=Cn2cnc(C(N)=O)c21. The number of primary amides is 1. The lowest BCUT2D eigenvalue weighted by molar-refractivity contribution is 0.0792. The number of aliphatic hydroxyl groups excluding tert-OH is 1. The Balaban J connectivity index is 1.60. The van der Waals surface area contributed by atoms with Crippen molar-refractivity contribution in [2.45, 2.75) is 51.2 Å². The number of aromatic nitrogens is 4. The van der Waals surface area contributed by atoms with Gasteiger partial charge in [-0.1, -0.05) is 0 Å². The summed E-state index contributed by atoms with van der Waals surface area (Å²) in [6, 6.07) is 4.26. The van der Waals surface area contributed by atoms with Crippen LogP contribution in [0.5, 0.6) is 0 Å². The molecule has 0 unspecified atom stereocenters. The van der Waals surface area contributed by atoms with Crippen molar-refractivity contribution >= 4 is 34.5 Å². The standard InChI is InChI=1S/C24H30N6O3/c1-24(2,33)18-11-19-16(12-30(27-19)17-6-4-15(13-31)5-7-17)10-20(18)29-9-3-8-28-14-26-21(22(25)32)23(28)29/h3,8,10-12,14-15,17,31,33H,4-7,9,13H2,1-2H3,(H2,25,32). The molecule has 1 aromatic carbocycles. The van der Waals surface area contributed by atoms with Gasteiger partial charge in [0.1, 0.15) is 6.33 Å². The molecule has 174 valence electrons. The molecule has 0 saturated heterocycles. The Morgan fingerprint density at radius 1 is 1.24 bits per heavy atom. The maximum atomic E-state index is 12.0. The van der Waals surface area contributed by atoms with E-state index < -0.39 is 11.5 Å². The highest BCUT2D eigenvalue weighted by molar-refractivity contribution is 5.98. The molecule has 4 N–H and O–H groups in total. The molecule has 3 heterocycles. The van der Waals surface area contributed by atoms with E-state index in [2.05, 4.69) is 11.2 Å². The summed E-state index contributed by atoms with van der Waals surface area (Å²) < 4.78 is 3.80. The first-order valence-corrected chi connectivity index (χ1v) is 11.4. The van der Waals surface area contributed by atoms with E-state index in [1.54, 1.807) is 24.7 Å². The van der Waals surface area contributed by atoms with E-state index in [0.29, 0.717) is 29.9 Å². The highest BCUT2D eigenvalue weighted by Gasteiger charge is 2.30. The number of amides is 1. The Morgan fingerprint density at radius 2 is 2.00 bits per heavy atom. The number of hydrogen-bond donors (Lipinski definition) is 3. The van der Waals surface area contributed by atoms with Gasteiger partial charge in [0.25, 0.3) is 5.91 Å². The van der Waals surface area contributed by atoms with Gasteiger partial charge in [-0.3, -0.25) is 14.0 Å². The first-order chi connectivity index (χ1) is 15.8. The molecule has 0 spiro atoms. The van der Waals surface area contributed by atoms with Gasteiger partial charge in [-0.25, -0.2) is 4.98 Å². The van der Waals surface area contributed by atoms with Gasteiger partial charge in [-0.2, -0.15) is 5.10 Å². The minimum absolute atomic E-state index is 0.192. The Kier molecular flexibility index (Phi) is 5.25. The summed E-state index contributed by atoms with van der Waals surface area (Å²) in [6.45, 7) is 4.26. The number of rotatable bonds is 5. The molecular weight excluding hydrogens is 420 g/mol. The lowest BCUT2D eigenvalue weighted by Gasteiger charge is -2.32. The van der Waals surface area contributed by atoms with E-state index in [1.807, 2.05) is 34.0 Å². The molecule has 5 rings (SSSR count). The summed E-state index contributed by atoms with van der Waals surface area (Å²) in [6.07, 6.45) is 11.4. The number of carbonyl (C=O) groups is 1. The molecule has 0 radical (unpaired) electrons. The number of aliphatic hydroxyl groups is 2. The van der Waals surface area contributed by atoms with Crippen LogP contribution in [0, 0.1) is 5.92 Å². The van der Waals surface area contributed by atoms with Gasteiger partial charge >= 0.3 is 0 Å². The molecule has 9 heteroatoms. The highest BCUT2D eigenvalue weighted by Crippen LogP contribution is 2.40. The molecule has 2 aliphatic rings. The number of carbonyl (C=O) groups excluding carboxylic acids is 1. The lowest BCUT2D eigenvalue weighted by Crippen LogP contribution is -2.29. The molecule has 1 aliphatic carbocycles. The van der Waals surface area contributed by atoms with Gasteiger partial charge < -0.3 is 20.8 Å². The van der Waals surface area contributed by atoms with Crippen LogP contribution < -0.4 is 10.6 Å². The largest absolute Gasteiger partial charge is 0.396 e. The van der Waals surface area contributed by atoms with Crippen LogP contribution >= 0.6 is 0 Å². The van der Waals surface area contributed by atoms with Gasteiger partial charge in [0.2, 0.25) is 0 Å². The zero-order chi connectivity index (χ0) is 23.3. The van der Waals surface area contributed by atoms with Gasteiger partial charge in [0, 0.05) is 42.2 Å². The van der Waals surface area contributed by atoms with Crippen molar-refractivity contribution in [1.29, 1.82) is 0 Å². The summed E-state index contributed by atoms with van der Waals surface area (Å²) in [7, 11) is 0. The minimum Gasteiger partial charge on any atom is -0.396 e. The molecular formula is C24H30N6O3. The highest BCUT2D eigenvalue weighted by atomic mass is 16.3. The van der Waals surface area contributed by atoms with Crippen molar-refractivity contribution in [2.75, 3.05) is 18.1 Å². The fourth-order valence-electron chi connectivity index (χ4n) is 5.04. The van der Waals surface area contributed by atoms with Gasteiger partial charge in [0.05, 0.1) is 17.2 Å². The molecule has 2 aromatic heterocycles. The van der Waals surface area contributed by atoms with E-state index in [0.717, 1.165) is 42.3 Å². The number of hydrogen-bond acceptors (Lipinski definition) is 6. The van der Waals surface area contributed by atoms with Crippen molar-refractivity contribution in [3.63, 3.8) is 0 Å². The maximum absolute atomic E-state index is 12.0. The average molecular weight is 451 g/mol. The topological polar surface area (TPSA) is 122 Å². The van der Waals surface area contributed by atoms with Gasteiger partial charge in [-0.05, 0) is 63.7 Å². The quantitative estimate of drug-likeness (QED) is 0.549. The Bertz CT molecular complexity index is 1230.